The fourth-order valence-electron chi connectivity index (χ4n) is 1.37. The molecular formula is C10H6N2O2. The molecule has 0 aliphatic heterocycles. The number of aromatic amines is 1. The predicted octanol–water partition coefficient (Wildman–Crippen LogP) is 1.74. The Morgan fingerprint density at radius 3 is 2.93 bits per heavy atom. The molecule has 2 aromatic rings. The van der Waals surface area contributed by atoms with Crippen molar-refractivity contribution in [3.63, 3.8) is 0 Å². The topological polar surface area (TPSA) is 76.9 Å². The summed E-state index contributed by atoms with van der Waals surface area (Å²) in [6.07, 6.45) is 0. The maximum absolute atomic E-state index is 10.7. The Morgan fingerprint density at radius 2 is 2.29 bits per heavy atom. The highest BCUT2D eigenvalue weighted by Gasteiger charge is 2.09. The van der Waals surface area contributed by atoms with Gasteiger partial charge in [-0.25, -0.2) is 4.79 Å². The average Bonchev–Trinajstić information content (AvgIpc) is 2.60. The van der Waals surface area contributed by atoms with E-state index >= 15 is 0 Å². The molecule has 2 rings (SSSR count). The van der Waals surface area contributed by atoms with E-state index in [1.807, 2.05) is 6.07 Å². The minimum Gasteiger partial charge on any atom is -0.477 e. The number of hydrogen-bond donors (Lipinski definition) is 2. The maximum Gasteiger partial charge on any atom is 0.352 e. The van der Waals surface area contributed by atoms with Crippen molar-refractivity contribution >= 4 is 16.9 Å². The first-order chi connectivity index (χ1) is 6.72. The molecule has 0 amide bonds. The van der Waals surface area contributed by atoms with Gasteiger partial charge in [0.05, 0.1) is 11.6 Å². The van der Waals surface area contributed by atoms with Gasteiger partial charge in [-0.15, -0.1) is 0 Å². The molecule has 4 heteroatoms. The number of rotatable bonds is 1. The van der Waals surface area contributed by atoms with Gasteiger partial charge in [-0.2, -0.15) is 5.26 Å². The van der Waals surface area contributed by atoms with Gasteiger partial charge in [-0.3, -0.25) is 0 Å². The number of hydrogen-bond acceptors (Lipinski definition) is 2. The van der Waals surface area contributed by atoms with Gasteiger partial charge in [0.2, 0.25) is 0 Å². The van der Waals surface area contributed by atoms with Crippen molar-refractivity contribution in [2.75, 3.05) is 0 Å². The van der Waals surface area contributed by atoms with Crippen LogP contribution in [0.1, 0.15) is 16.1 Å². The van der Waals surface area contributed by atoms with Crippen molar-refractivity contribution in [1.82, 2.24) is 4.98 Å². The molecule has 1 aromatic carbocycles. The number of aromatic nitrogens is 1. The van der Waals surface area contributed by atoms with Crippen LogP contribution in [-0.2, 0) is 0 Å². The van der Waals surface area contributed by atoms with Crippen molar-refractivity contribution in [1.29, 1.82) is 5.26 Å². The highest BCUT2D eigenvalue weighted by atomic mass is 16.4. The van der Waals surface area contributed by atoms with Crippen LogP contribution in [0.2, 0.25) is 0 Å². The second kappa shape index (κ2) is 2.89. The van der Waals surface area contributed by atoms with Gasteiger partial charge < -0.3 is 10.1 Å². The third-order valence-corrected chi connectivity index (χ3v) is 2.01. The lowest BCUT2D eigenvalue weighted by Crippen LogP contribution is -1.94. The summed E-state index contributed by atoms with van der Waals surface area (Å²) < 4.78 is 0. The minimum atomic E-state index is -1.02. The van der Waals surface area contributed by atoms with Crippen molar-refractivity contribution in [3.05, 3.63) is 35.5 Å². The third kappa shape index (κ3) is 1.12. The van der Waals surface area contributed by atoms with E-state index in [4.69, 9.17) is 10.4 Å². The molecule has 0 fully saturated rings. The average molecular weight is 186 g/mol. The summed E-state index contributed by atoms with van der Waals surface area (Å²) in [5.41, 5.74) is 1.25. The number of fused-ring (bicyclic) bond motifs is 1. The Balaban J connectivity index is 2.78. The third-order valence-electron chi connectivity index (χ3n) is 2.01. The van der Waals surface area contributed by atoms with Gasteiger partial charge in [0, 0.05) is 10.9 Å². The van der Waals surface area contributed by atoms with Crippen LogP contribution >= 0.6 is 0 Å². The van der Waals surface area contributed by atoms with Crippen LogP contribution < -0.4 is 0 Å². The first-order valence-electron chi connectivity index (χ1n) is 3.97. The number of carboxylic acid groups (broad SMARTS) is 1. The van der Waals surface area contributed by atoms with Crippen LogP contribution in [0.5, 0.6) is 0 Å². The van der Waals surface area contributed by atoms with Crippen molar-refractivity contribution in [2.45, 2.75) is 0 Å². The normalized spacial score (nSPS) is 9.93. The molecule has 0 aliphatic rings. The molecule has 0 radical (unpaired) electrons. The number of nitrogens with one attached hydrogen (secondary N) is 1. The highest BCUT2D eigenvalue weighted by Crippen LogP contribution is 2.19. The fourth-order valence-corrected chi connectivity index (χ4v) is 1.37. The zero-order valence-electron chi connectivity index (χ0n) is 7.11. The van der Waals surface area contributed by atoms with Crippen molar-refractivity contribution < 1.29 is 9.90 Å². The number of H-pyrrole nitrogens is 1. The zero-order valence-corrected chi connectivity index (χ0v) is 7.11. The molecule has 1 aromatic heterocycles. The smallest absolute Gasteiger partial charge is 0.352 e. The molecule has 1 heterocycles. The number of nitriles is 1. The van der Waals surface area contributed by atoms with Gasteiger partial charge in [0.1, 0.15) is 5.69 Å². The van der Waals surface area contributed by atoms with E-state index in [-0.39, 0.29) is 5.69 Å². The van der Waals surface area contributed by atoms with E-state index < -0.39 is 5.97 Å². The molecule has 0 bridgehead atoms. The van der Waals surface area contributed by atoms with Gasteiger partial charge in [-0.1, -0.05) is 6.07 Å². The van der Waals surface area contributed by atoms with Crippen molar-refractivity contribution in [3.8, 4) is 6.07 Å². The van der Waals surface area contributed by atoms with Gasteiger partial charge in [-0.05, 0) is 18.2 Å². The molecule has 0 saturated carbocycles. The molecule has 0 unspecified atom stereocenters. The van der Waals surface area contributed by atoms with Gasteiger partial charge in [0.15, 0.2) is 0 Å². The molecular weight excluding hydrogens is 180 g/mol. The number of carbonyl (C=O) groups is 1. The van der Waals surface area contributed by atoms with Crippen LogP contribution in [0, 0.1) is 11.3 Å². The van der Waals surface area contributed by atoms with Crippen LogP contribution in [0.3, 0.4) is 0 Å². The Kier molecular flexibility index (Phi) is 1.72. The lowest BCUT2D eigenvalue weighted by atomic mass is 10.1. The van der Waals surface area contributed by atoms with E-state index in [1.165, 1.54) is 6.07 Å². The second-order valence-corrected chi connectivity index (χ2v) is 2.87. The number of aromatic carboxylic acids is 1. The lowest BCUT2D eigenvalue weighted by molar-refractivity contribution is 0.0691. The van der Waals surface area contributed by atoms with E-state index in [1.54, 1.807) is 18.2 Å². The number of nitrogens with zero attached hydrogens (tertiary/aromatic N) is 1. The van der Waals surface area contributed by atoms with Crippen molar-refractivity contribution in [2.24, 2.45) is 0 Å². The standard InChI is InChI=1S/C10H6N2O2/c11-5-6-2-1-3-8-7(6)4-9(12-8)10(13)14/h1-4,12H,(H,13,14). The highest BCUT2D eigenvalue weighted by molar-refractivity contribution is 5.95. The Labute approximate surface area is 79.4 Å². The summed E-state index contributed by atoms with van der Waals surface area (Å²) >= 11 is 0. The number of carboxylic acids is 1. The molecule has 14 heavy (non-hydrogen) atoms. The summed E-state index contributed by atoms with van der Waals surface area (Å²) in [7, 11) is 0. The molecule has 0 spiro atoms. The fraction of sp³-hybridized carbons (Fsp3) is 0. The van der Waals surface area contributed by atoms with E-state index in [0.717, 1.165) is 0 Å². The van der Waals surface area contributed by atoms with Crippen LogP contribution in [0.4, 0.5) is 0 Å². The number of benzene rings is 1. The predicted molar refractivity (Wildman–Crippen MR) is 50.0 cm³/mol. The summed E-state index contributed by atoms with van der Waals surface area (Å²) in [5.74, 6) is -1.02. The SMILES string of the molecule is N#Cc1cccc2[nH]c(C(=O)O)cc12. The van der Waals surface area contributed by atoms with Crippen LogP contribution in [0.25, 0.3) is 10.9 Å². The quantitative estimate of drug-likeness (QED) is 0.712. The van der Waals surface area contributed by atoms with Gasteiger partial charge >= 0.3 is 5.97 Å². The molecule has 68 valence electrons. The summed E-state index contributed by atoms with van der Waals surface area (Å²) in [6.45, 7) is 0. The molecule has 4 nitrogen and oxygen atoms in total. The maximum atomic E-state index is 10.7. The molecule has 0 aliphatic carbocycles. The monoisotopic (exact) mass is 186 g/mol. The summed E-state index contributed by atoms with van der Waals surface area (Å²) in [6, 6.07) is 8.58. The molecule has 2 N–H and O–H groups in total. The van der Waals surface area contributed by atoms with E-state index in [9.17, 15) is 4.79 Å². The largest absolute Gasteiger partial charge is 0.477 e. The Bertz CT molecular complexity index is 549. The van der Waals surface area contributed by atoms with Gasteiger partial charge in [0.25, 0.3) is 0 Å². The van der Waals surface area contributed by atoms with E-state index in [0.29, 0.717) is 16.5 Å². The second-order valence-electron chi connectivity index (χ2n) is 2.87. The van der Waals surface area contributed by atoms with E-state index in [2.05, 4.69) is 4.98 Å². The Hall–Kier alpha value is -2.28. The van der Waals surface area contributed by atoms with Crippen LogP contribution in [-0.4, -0.2) is 16.1 Å². The molecule has 0 atom stereocenters. The Morgan fingerprint density at radius 1 is 1.50 bits per heavy atom. The molecule has 0 saturated heterocycles. The summed E-state index contributed by atoms with van der Waals surface area (Å²) in [5, 5.41) is 18.2. The first-order valence-corrected chi connectivity index (χ1v) is 3.97. The minimum absolute atomic E-state index is 0.0997. The first kappa shape index (κ1) is 8.32. The van der Waals surface area contributed by atoms with Crippen LogP contribution in [0.15, 0.2) is 24.3 Å². The lowest BCUT2D eigenvalue weighted by Gasteiger charge is -1.89. The zero-order chi connectivity index (χ0) is 10.1. The summed E-state index contributed by atoms with van der Waals surface area (Å²) in [4.78, 5) is 13.4.